The van der Waals surface area contributed by atoms with Gasteiger partial charge in [0.25, 0.3) is 0 Å². The van der Waals surface area contributed by atoms with Crippen LogP contribution in [0.25, 0.3) is 22.6 Å². The van der Waals surface area contributed by atoms with Crippen molar-refractivity contribution in [1.82, 2.24) is 9.55 Å². The summed E-state index contributed by atoms with van der Waals surface area (Å²) in [6.45, 7) is 4.45. The van der Waals surface area contributed by atoms with Crippen LogP contribution in [0, 0.1) is 13.8 Å². The molecule has 0 spiro atoms. The van der Waals surface area contributed by atoms with Gasteiger partial charge in [-0.05, 0) is 31.5 Å². The SMILES string of the molecule is Cc1ccc(-c2nc3n(CC(=O)c4ccccc4)cccc-3c2C)cc1. The van der Waals surface area contributed by atoms with E-state index >= 15 is 0 Å². The number of fused-ring (bicyclic) bond motifs is 1. The van der Waals surface area contributed by atoms with Gasteiger partial charge in [-0.1, -0.05) is 60.2 Å². The average Bonchev–Trinajstić information content (AvgIpc) is 3.01. The summed E-state index contributed by atoms with van der Waals surface area (Å²) in [7, 11) is 0. The highest BCUT2D eigenvalue weighted by Crippen LogP contribution is 2.34. The van der Waals surface area contributed by atoms with E-state index in [0.29, 0.717) is 0 Å². The van der Waals surface area contributed by atoms with E-state index in [4.69, 9.17) is 4.98 Å². The van der Waals surface area contributed by atoms with E-state index in [9.17, 15) is 4.79 Å². The molecule has 0 aromatic heterocycles. The Hall–Kier alpha value is -3.20. The largest absolute Gasteiger partial charge is 0.325 e. The lowest BCUT2D eigenvalue weighted by molar-refractivity contribution is 0.0972. The summed E-state index contributed by atoms with van der Waals surface area (Å²) in [5, 5.41) is 0. The molecule has 2 aromatic rings. The Bertz CT molecular complexity index is 1030. The van der Waals surface area contributed by atoms with Gasteiger partial charge in [0.1, 0.15) is 5.82 Å². The quantitative estimate of drug-likeness (QED) is 0.481. The van der Waals surface area contributed by atoms with Gasteiger partial charge >= 0.3 is 0 Å². The Morgan fingerprint density at radius 3 is 2.38 bits per heavy atom. The Morgan fingerprint density at radius 2 is 1.65 bits per heavy atom. The Kier molecular flexibility index (Phi) is 4.13. The standard InChI is InChI=1S/C23H20N2O/c1-16-10-12-19(13-11-16)22-17(2)20-9-6-14-25(23(20)24-22)15-21(26)18-7-4-3-5-8-18/h3-14H,15H2,1-2H3. The lowest BCUT2D eigenvalue weighted by Gasteiger charge is -2.11. The monoisotopic (exact) mass is 340 g/mol. The third-order valence-corrected chi connectivity index (χ3v) is 4.75. The Morgan fingerprint density at radius 1 is 0.923 bits per heavy atom. The molecule has 0 fully saturated rings. The van der Waals surface area contributed by atoms with Crippen LogP contribution in [0.2, 0.25) is 0 Å². The van der Waals surface area contributed by atoms with Crippen molar-refractivity contribution in [3.8, 4) is 22.6 Å². The first kappa shape index (κ1) is 16.3. The predicted octanol–water partition coefficient (Wildman–Crippen LogP) is 5.15. The Labute approximate surface area is 153 Å². The molecule has 4 rings (SSSR count). The zero-order valence-electron chi connectivity index (χ0n) is 14.9. The molecule has 0 unspecified atom stereocenters. The van der Waals surface area contributed by atoms with Crippen molar-refractivity contribution in [2.75, 3.05) is 0 Å². The van der Waals surface area contributed by atoms with Gasteiger partial charge in [-0.15, -0.1) is 0 Å². The van der Waals surface area contributed by atoms with E-state index in [0.717, 1.165) is 33.8 Å². The summed E-state index contributed by atoms with van der Waals surface area (Å²) < 4.78 is 1.94. The first-order valence-electron chi connectivity index (χ1n) is 8.74. The third kappa shape index (κ3) is 2.92. The van der Waals surface area contributed by atoms with E-state index in [2.05, 4.69) is 44.2 Å². The number of Topliss-reactive ketones (excluding diaryl/α,β-unsaturated/α-hetero) is 1. The van der Waals surface area contributed by atoms with Crippen LogP contribution < -0.4 is 0 Å². The van der Waals surface area contributed by atoms with Crippen molar-refractivity contribution in [1.29, 1.82) is 0 Å². The maximum atomic E-state index is 12.6. The van der Waals surface area contributed by atoms with Gasteiger partial charge in [0.15, 0.2) is 5.78 Å². The van der Waals surface area contributed by atoms with Crippen molar-refractivity contribution >= 4 is 5.78 Å². The number of carbonyl (C=O) groups excluding carboxylic acids is 1. The molecule has 3 nitrogen and oxygen atoms in total. The summed E-state index contributed by atoms with van der Waals surface area (Å²) >= 11 is 0. The van der Waals surface area contributed by atoms with Gasteiger partial charge in [-0.25, -0.2) is 4.98 Å². The number of hydrogen-bond donors (Lipinski definition) is 0. The minimum atomic E-state index is 0.0839. The molecule has 2 aliphatic heterocycles. The van der Waals surface area contributed by atoms with E-state index in [1.54, 1.807) is 0 Å². The van der Waals surface area contributed by atoms with Crippen LogP contribution >= 0.6 is 0 Å². The van der Waals surface area contributed by atoms with E-state index in [1.165, 1.54) is 5.56 Å². The van der Waals surface area contributed by atoms with E-state index in [-0.39, 0.29) is 12.3 Å². The van der Waals surface area contributed by atoms with Crippen LogP contribution in [0.15, 0.2) is 72.9 Å². The summed E-state index contributed by atoms with van der Waals surface area (Å²) in [6, 6.07) is 21.8. The number of aromatic nitrogens is 2. The number of pyridine rings is 1. The fraction of sp³-hybridized carbons (Fsp3) is 0.130. The molecule has 0 aliphatic carbocycles. The number of nitrogens with zero attached hydrogens (tertiary/aromatic N) is 2. The smallest absolute Gasteiger partial charge is 0.182 e. The normalized spacial score (nSPS) is 11.0. The number of hydrogen-bond acceptors (Lipinski definition) is 2. The summed E-state index contributed by atoms with van der Waals surface area (Å²) in [5.41, 5.74) is 6.26. The molecule has 0 amide bonds. The van der Waals surface area contributed by atoms with Gasteiger partial charge in [0, 0.05) is 22.9 Å². The zero-order chi connectivity index (χ0) is 18.1. The van der Waals surface area contributed by atoms with Crippen molar-refractivity contribution < 1.29 is 4.79 Å². The lowest BCUT2D eigenvalue weighted by atomic mass is 10.0. The maximum absolute atomic E-state index is 12.6. The molecule has 128 valence electrons. The fourth-order valence-corrected chi connectivity index (χ4v) is 3.27. The number of ketones is 1. The molecule has 0 radical (unpaired) electrons. The molecule has 0 bridgehead atoms. The number of carbonyl (C=O) groups is 1. The van der Waals surface area contributed by atoms with E-state index < -0.39 is 0 Å². The second-order valence-corrected chi connectivity index (χ2v) is 6.61. The van der Waals surface area contributed by atoms with Gasteiger partial charge in [-0.3, -0.25) is 4.79 Å². The van der Waals surface area contributed by atoms with Crippen LogP contribution in [-0.2, 0) is 6.54 Å². The first-order chi connectivity index (χ1) is 12.6. The van der Waals surface area contributed by atoms with Crippen molar-refractivity contribution in [3.63, 3.8) is 0 Å². The molecular weight excluding hydrogens is 320 g/mol. The van der Waals surface area contributed by atoms with E-state index in [1.807, 2.05) is 47.2 Å². The lowest BCUT2D eigenvalue weighted by Crippen LogP contribution is -2.12. The molecule has 2 aliphatic rings. The number of aryl methyl sites for hydroxylation is 1. The Balaban J connectivity index is 1.74. The number of rotatable bonds is 4. The van der Waals surface area contributed by atoms with Gasteiger partial charge in [0.05, 0.1) is 12.2 Å². The molecule has 0 saturated carbocycles. The zero-order valence-corrected chi connectivity index (χ0v) is 14.9. The minimum Gasteiger partial charge on any atom is -0.325 e. The summed E-state index contributed by atoms with van der Waals surface area (Å²) in [4.78, 5) is 17.5. The van der Waals surface area contributed by atoms with Crippen LogP contribution in [0.5, 0.6) is 0 Å². The number of benzene rings is 2. The molecule has 3 heteroatoms. The van der Waals surface area contributed by atoms with Crippen LogP contribution in [0.1, 0.15) is 21.5 Å². The van der Waals surface area contributed by atoms with Crippen molar-refractivity contribution in [3.05, 3.63) is 89.6 Å². The summed E-state index contributed by atoms with van der Waals surface area (Å²) in [5.74, 6) is 0.936. The van der Waals surface area contributed by atoms with Crippen LogP contribution in [0.3, 0.4) is 0 Å². The second kappa shape index (κ2) is 6.60. The van der Waals surface area contributed by atoms with Gasteiger partial charge < -0.3 is 4.57 Å². The van der Waals surface area contributed by atoms with Gasteiger partial charge in [-0.2, -0.15) is 0 Å². The predicted molar refractivity (Wildman–Crippen MR) is 105 cm³/mol. The highest BCUT2D eigenvalue weighted by molar-refractivity contribution is 5.96. The highest BCUT2D eigenvalue weighted by atomic mass is 16.1. The molecular formula is C23H20N2O. The molecule has 2 aromatic carbocycles. The second-order valence-electron chi connectivity index (χ2n) is 6.61. The van der Waals surface area contributed by atoms with Crippen molar-refractivity contribution in [2.45, 2.75) is 20.4 Å². The topological polar surface area (TPSA) is 34.9 Å². The molecule has 0 N–H and O–H groups in total. The first-order valence-corrected chi connectivity index (χ1v) is 8.74. The van der Waals surface area contributed by atoms with Gasteiger partial charge in [0.2, 0.25) is 0 Å². The molecule has 0 atom stereocenters. The van der Waals surface area contributed by atoms with Crippen LogP contribution in [-0.4, -0.2) is 15.3 Å². The third-order valence-electron chi connectivity index (χ3n) is 4.75. The molecule has 2 heterocycles. The summed E-state index contributed by atoms with van der Waals surface area (Å²) in [6.07, 6.45) is 1.93. The minimum absolute atomic E-state index is 0.0839. The van der Waals surface area contributed by atoms with Crippen LogP contribution in [0.4, 0.5) is 0 Å². The molecule has 26 heavy (non-hydrogen) atoms. The highest BCUT2D eigenvalue weighted by Gasteiger charge is 2.19. The van der Waals surface area contributed by atoms with Crippen molar-refractivity contribution in [2.24, 2.45) is 0 Å². The fourth-order valence-electron chi connectivity index (χ4n) is 3.27. The maximum Gasteiger partial charge on any atom is 0.182 e. The average molecular weight is 340 g/mol. The molecule has 0 saturated heterocycles.